The van der Waals surface area contributed by atoms with E-state index in [4.69, 9.17) is 9.26 Å². The number of nitrogens with one attached hydrogen (secondary N) is 2. The van der Waals surface area contributed by atoms with E-state index < -0.39 is 17.2 Å². The van der Waals surface area contributed by atoms with Crippen LogP contribution in [0.3, 0.4) is 0 Å². The van der Waals surface area contributed by atoms with Crippen LogP contribution in [-0.4, -0.2) is 32.7 Å². The Morgan fingerprint density at radius 3 is 3.00 bits per heavy atom. The molecular weight excluding hydrogens is 294 g/mol. The van der Waals surface area contributed by atoms with Crippen molar-refractivity contribution in [3.8, 4) is 0 Å². The molecule has 0 radical (unpaired) electrons. The molecule has 2 rings (SSSR count). The fourth-order valence-corrected chi connectivity index (χ4v) is 1.70. The van der Waals surface area contributed by atoms with Gasteiger partial charge in [0.05, 0.1) is 13.0 Å². The van der Waals surface area contributed by atoms with Crippen LogP contribution in [0.25, 0.3) is 0 Å². The van der Waals surface area contributed by atoms with Crippen LogP contribution < -0.4 is 16.6 Å². The van der Waals surface area contributed by atoms with Crippen molar-refractivity contribution in [2.75, 3.05) is 7.11 Å². The minimum Gasteiger partial charge on any atom is -0.377 e. The fourth-order valence-electron chi connectivity index (χ4n) is 1.70. The fraction of sp³-hybridized carbons (Fsp3) is 0.417. The summed E-state index contributed by atoms with van der Waals surface area (Å²) in [6.07, 6.45) is 1.07. The third-order valence-electron chi connectivity index (χ3n) is 2.83. The van der Waals surface area contributed by atoms with Crippen LogP contribution in [0, 0.1) is 0 Å². The molecule has 0 aromatic carbocycles. The molecule has 0 saturated carbocycles. The first-order chi connectivity index (χ1) is 10.5. The van der Waals surface area contributed by atoms with E-state index in [1.165, 1.54) is 20.4 Å². The van der Waals surface area contributed by atoms with Crippen LogP contribution in [0.1, 0.15) is 17.3 Å². The van der Waals surface area contributed by atoms with Crippen molar-refractivity contribution in [1.82, 2.24) is 25.0 Å². The topological polar surface area (TPSA) is 132 Å². The smallest absolute Gasteiger partial charge is 0.328 e. The highest BCUT2D eigenvalue weighted by molar-refractivity contribution is 5.78. The second-order valence-corrected chi connectivity index (χ2v) is 4.47. The Bertz CT molecular complexity index is 775. The number of aromatic nitrogens is 4. The number of methoxy groups -OCH3 is 1. The molecule has 0 aliphatic rings. The maximum atomic E-state index is 11.8. The number of H-pyrrole nitrogens is 1. The number of carbonyl (C=O) groups excluding carboxylic acids is 1. The monoisotopic (exact) mass is 309 g/mol. The van der Waals surface area contributed by atoms with E-state index in [1.54, 1.807) is 0 Å². The molecule has 0 atom stereocenters. The first-order valence-corrected chi connectivity index (χ1v) is 6.36. The first-order valence-electron chi connectivity index (χ1n) is 6.36. The highest BCUT2D eigenvalue weighted by atomic mass is 16.5. The van der Waals surface area contributed by atoms with Gasteiger partial charge in [-0.25, -0.2) is 4.79 Å². The van der Waals surface area contributed by atoms with Gasteiger partial charge in [-0.15, -0.1) is 0 Å². The third kappa shape index (κ3) is 3.67. The lowest BCUT2D eigenvalue weighted by Gasteiger charge is -2.03. The quantitative estimate of drug-likeness (QED) is 0.661. The molecule has 0 aliphatic carbocycles. The molecule has 10 heteroatoms. The van der Waals surface area contributed by atoms with Gasteiger partial charge in [-0.2, -0.15) is 4.98 Å². The largest absolute Gasteiger partial charge is 0.377 e. The lowest BCUT2D eigenvalue weighted by Crippen LogP contribution is -2.36. The van der Waals surface area contributed by atoms with Gasteiger partial charge < -0.3 is 19.6 Å². The number of ether oxygens (including phenoxy) is 1. The summed E-state index contributed by atoms with van der Waals surface area (Å²) in [6.45, 7) is 0.254. The molecule has 2 N–H and O–H groups in total. The van der Waals surface area contributed by atoms with E-state index in [0.29, 0.717) is 5.82 Å². The molecule has 10 nitrogen and oxygen atoms in total. The Morgan fingerprint density at radius 2 is 2.27 bits per heavy atom. The second-order valence-electron chi connectivity index (χ2n) is 4.47. The number of amides is 1. The lowest BCUT2D eigenvalue weighted by atomic mass is 10.2. The average molecular weight is 309 g/mol. The van der Waals surface area contributed by atoms with Crippen LogP contribution in [0.4, 0.5) is 0 Å². The van der Waals surface area contributed by atoms with E-state index in [0.717, 1.165) is 4.57 Å². The zero-order valence-electron chi connectivity index (χ0n) is 12.1. The number of hydrogen-bond donors (Lipinski definition) is 2. The van der Waals surface area contributed by atoms with Gasteiger partial charge in [0.1, 0.15) is 6.61 Å². The highest BCUT2D eigenvalue weighted by Crippen LogP contribution is 1.98. The zero-order valence-corrected chi connectivity index (χ0v) is 12.1. The standard InChI is InChI=1S/C12H15N5O5/c1-17-11(19)7(4-14-12(17)20)3-9(18)13-5-10-15-8(6-21-2)16-22-10/h4H,3,5-6H2,1-2H3,(H,13,18)(H,14,20). The highest BCUT2D eigenvalue weighted by Gasteiger charge is 2.11. The molecule has 0 bridgehead atoms. The molecule has 0 unspecified atom stereocenters. The Kier molecular flexibility index (Phi) is 4.84. The molecule has 0 spiro atoms. The molecule has 0 fully saturated rings. The predicted octanol–water partition coefficient (Wildman–Crippen LogP) is -1.54. The molecule has 0 saturated heterocycles. The van der Waals surface area contributed by atoms with E-state index >= 15 is 0 Å². The molecule has 0 aliphatic heterocycles. The van der Waals surface area contributed by atoms with Gasteiger partial charge in [0, 0.05) is 25.9 Å². The maximum absolute atomic E-state index is 11.8. The summed E-state index contributed by atoms with van der Waals surface area (Å²) >= 11 is 0. The summed E-state index contributed by atoms with van der Waals surface area (Å²) in [6, 6.07) is 0. The summed E-state index contributed by atoms with van der Waals surface area (Å²) < 4.78 is 10.6. The van der Waals surface area contributed by atoms with Gasteiger partial charge in [-0.1, -0.05) is 5.16 Å². The van der Waals surface area contributed by atoms with Crippen LogP contribution in [-0.2, 0) is 36.2 Å². The van der Waals surface area contributed by atoms with Crippen molar-refractivity contribution in [2.45, 2.75) is 19.6 Å². The van der Waals surface area contributed by atoms with Crippen molar-refractivity contribution < 1.29 is 14.1 Å². The van der Waals surface area contributed by atoms with Gasteiger partial charge in [-0.3, -0.25) is 14.2 Å². The zero-order chi connectivity index (χ0) is 16.1. The van der Waals surface area contributed by atoms with Crippen LogP contribution in [0.5, 0.6) is 0 Å². The first kappa shape index (κ1) is 15.6. The summed E-state index contributed by atoms with van der Waals surface area (Å²) in [5, 5.41) is 6.20. The second kappa shape index (κ2) is 6.80. The number of hydrogen-bond acceptors (Lipinski definition) is 7. The number of aromatic amines is 1. The number of carbonyl (C=O) groups is 1. The maximum Gasteiger partial charge on any atom is 0.328 e. The molecule has 22 heavy (non-hydrogen) atoms. The van der Waals surface area contributed by atoms with Gasteiger partial charge in [0.15, 0.2) is 5.82 Å². The Morgan fingerprint density at radius 1 is 1.50 bits per heavy atom. The van der Waals surface area contributed by atoms with Gasteiger partial charge in [0.2, 0.25) is 11.8 Å². The predicted molar refractivity (Wildman–Crippen MR) is 72.9 cm³/mol. The lowest BCUT2D eigenvalue weighted by molar-refractivity contribution is -0.120. The SMILES string of the molecule is COCc1noc(CNC(=O)Cc2c[nH]c(=O)n(C)c2=O)n1. The number of nitrogens with zero attached hydrogens (tertiary/aromatic N) is 3. The van der Waals surface area contributed by atoms with Crippen LogP contribution in [0.2, 0.25) is 0 Å². The third-order valence-corrected chi connectivity index (χ3v) is 2.83. The molecule has 2 aromatic heterocycles. The molecule has 1 amide bonds. The summed E-state index contributed by atoms with van der Waals surface area (Å²) in [5.41, 5.74) is -0.866. The van der Waals surface area contributed by atoms with Gasteiger partial charge >= 0.3 is 5.69 Å². The van der Waals surface area contributed by atoms with Crippen molar-refractivity contribution in [3.05, 3.63) is 44.3 Å². The van der Waals surface area contributed by atoms with Gasteiger partial charge in [0.25, 0.3) is 5.56 Å². The molecule has 2 heterocycles. The summed E-state index contributed by atoms with van der Waals surface area (Å²) in [5.74, 6) is 0.201. The van der Waals surface area contributed by atoms with Crippen molar-refractivity contribution >= 4 is 5.91 Å². The minimum atomic E-state index is -0.536. The van der Waals surface area contributed by atoms with E-state index in [9.17, 15) is 14.4 Å². The van der Waals surface area contributed by atoms with Crippen LogP contribution in [0.15, 0.2) is 20.3 Å². The number of rotatable bonds is 6. The Labute approximate surface area is 124 Å². The van der Waals surface area contributed by atoms with Crippen molar-refractivity contribution in [2.24, 2.45) is 7.05 Å². The summed E-state index contributed by atoms with van der Waals surface area (Å²) in [7, 11) is 2.83. The Hall–Kier alpha value is -2.75. The Balaban J connectivity index is 1.94. The van der Waals surface area contributed by atoms with E-state index in [2.05, 4.69) is 20.4 Å². The molecular formula is C12H15N5O5. The van der Waals surface area contributed by atoms with Crippen molar-refractivity contribution in [1.29, 1.82) is 0 Å². The van der Waals surface area contributed by atoms with Crippen LogP contribution >= 0.6 is 0 Å². The molecule has 118 valence electrons. The normalized spacial score (nSPS) is 10.6. The van der Waals surface area contributed by atoms with E-state index in [1.807, 2.05) is 0 Å². The minimum absolute atomic E-state index is 0.0409. The van der Waals surface area contributed by atoms with Gasteiger partial charge in [-0.05, 0) is 0 Å². The van der Waals surface area contributed by atoms with Crippen molar-refractivity contribution in [3.63, 3.8) is 0 Å². The molecule has 2 aromatic rings. The summed E-state index contributed by atoms with van der Waals surface area (Å²) in [4.78, 5) is 41.2. The van der Waals surface area contributed by atoms with E-state index in [-0.39, 0.29) is 31.0 Å². The average Bonchev–Trinajstić information content (AvgIpc) is 2.94.